The molecule has 2 rings (SSSR count). The van der Waals surface area contributed by atoms with Gasteiger partial charge in [0.15, 0.2) is 0 Å². The Balaban J connectivity index is 1.86. The molecule has 0 saturated heterocycles. The van der Waals surface area contributed by atoms with Gasteiger partial charge in [0.1, 0.15) is 5.82 Å². The van der Waals surface area contributed by atoms with Gasteiger partial charge in [-0.3, -0.25) is 0 Å². The van der Waals surface area contributed by atoms with Gasteiger partial charge < -0.3 is 15.5 Å². The summed E-state index contributed by atoms with van der Waals surface area (Å²) < 4.78 is 0. The topological polar surface area (TPSA) is 53.1 Å². The van der Waals surface area contributed by atoms with Crippen molar-refractivity contribution in [2.75, 3.05) is 37.8 Å². The standard InChI is InChI=1S/C17H25N5/c1-14-8-4-5-9-15(14)20-17-19-12-10-16(21-17)18-11-6-7-13-22(2)3/h4-5,8-10,12H,6-7,11,13H2,1-3H3,(H2,18,19,20,21). The predicted octanol–water partition coefficient (Wildman–Crippen LogP) is 3.28. The van der Waals surface area contributed by atoms with Gasteiger partial charge in [0.25, 0.3) is 0 Å². The van der Waals surface area contributed by atoms with Crippen LogP contribution in [0, 0.1) is 6.92 Å². The van der Waals surface area contributed by atoms with Crippen LogP contribution in [0.15, 0.2) is 36.5 Å². The number of hydrogen-bond donors (Lipinski definition) is 2. The summed E-state index contributed by atoms with van der Waals surface area (Å²) in [6.45, 7) is 4.11. The van der Waals surface area contributed by atoms with Crippen LogP contribution in [0.2, 0.25) is 0 Å². The summed E-state index contributed by atoms with van der Waals surface area (Å²) in [5, 5.41) is 6.61. The first kappa shape index (κ1) is 16.2. The van der Waals surface area contributed by atoms with Crippen molar-refractivity contribution in [2.45, 2.75) is 19.8 Å². The molecule has 0 saturated carbocycles. The zero-order valence-electron chi connectivity index (χ0n) is 13.6. The number of nitrogens with zero attached hydrogens (tertiary/aromatic N) is 3. The van der Waals surface area contributed by atoms with Crippen molar-refractivity contribution in [3.8, 4) is 0 Å². The average molecular weight is 299 g/mol. The first-order valence-corrected chi connectivity index (χ1v) is 7.69. The van der Waals surface area contributed by atoms with Crippen molar-refractivity contribution < 1.29 is 0 Å². The molecule has 0 unspecified atom stereocenters. The molecule has 0 aliphatic carbocycles. The second-order valence-electron chi connectivity index (χ2n) is 5.64. The van der Waals surface area contributed by atoms with E-state index in [-0.39, 0.29) is 0 Å². The molecule has 1 aromatic carbocycles. The highest BCUT2D eigenvalue weighted by atomic mass is 15.1. The fourth-order valence-electron chi connectivity index (χ4n) is 2.12. The lowest BCUT2D eigenvalue weighted by atomic mass is 10.2. The van der Waals surface area contributed by atoms with Gasteiger partial charge in [0, 0.05) is 18.4 Å². The lowest BCUT2D eigenvalue weighted by Gasteiger charge is -2.11. The predicted molar refractivity (Wildman–Crippen MR) is 92.8 cm³/mol. The summed E-state index contributed by atoms with van der Waals surface area (Å²) in [6.07, 6.45) is 4.08. The SMILES string of the molecule is Cc1ccccc1Nc1nccc(NCCCCN(C)C)n1. The number of unbranched alkanes of at least 4 members (excludes halogenated alkanes) is 1. The summed E-state index contributed by atoms with van der Waals surface area (Å²) in [5.41, 5.74) is 2.21. The van der Waals surface area contributed by atoms with Crippen LogP contribution in [0.25, 0.3) is 0 Å². The third-order valence-corrected chi connectivity index (χ3v) is 3.39. The van der Waals surface area contributed by atoms with Gasteiger partial charge in [-0.15, -0.1) is 0 Å². The Morgan fingerprint density at radius 3 is 2.68 bits per heavy atom. The molecule has 0 amide bonds. The molecule has 0 spiro atoms. The zero-order chi connectivity index (χ0) is 15.8. The number of anilines is 3. The van der Waals surface area contributed by atoms with E-state index in [0.29, 0.717) is 5.95 Å². The van der Waals surface area contributed by atoms with Crippen molar-refractivity contribution in [1.82, 2.24) is 14.9 Å². The molecule has 0 fully saturated rings. The quantitative estimate of drug-likeness (QED) is 0.733. The summed E-state index contributed by atoms with van der Waals surface area (Å²) in [4.78, 5) is 11.0. The number of aromatic nitrogens is 2. The maximum Gasteiger partial charge on any atom is 0.229 e. The van der Waals surface area contributed by atoms with E-state index >= 15 is 0 Å². The maximum absolute atomic E-state index is 4.50. The van der Waals surface area contributed by atoms with Crippen molar-refractivity contribution in [1.29, 1.82) is 0 Å². The van der Waals surface area contributed by atoms with Gasteiger partial charge in [-0.1, -0.05) is 18.2 Å². The van der Waals surface area contributed by atoms with Crippen LogP contribution in [-0.2, 0) is 0 Å². The highest BCUT2D eigenvalue weighted by molar-refractivity contribution is 5.58. The minimum absolute atomic E-state index is 0.618. The van der Waals surface area contributed by atoms with Gasteiger partial charge in [-0.05, 0) is 58.1 Å². The number of nitrogens with one attached hydrogen (secondary N) is 2. The van der Waals surface area contributed by atoms with Gasteiger partial charge in [0.2, 0.25) is 5.95 Å². The highest BCUT2D eigenvalue weighted by Crippen LogP contribution is 2.17. The number of rotatable bonds is 8. The van der Waals surface area contributed by atoms with Crippen molar-refractivity contribution in [3.63, 3.8) is 0 Å². The van der Waals surface area contributed by atoms with E-state index in [1.54, 1.807) is 6.20 Å². The maximum atomic E-state index is 4.50. The first-order valence-electron chi connectivity index (χ1n) is 7.69. The third-order valence-electron chi connectivity index (χ3n) is 3.39. The number of para-hydroxylation sites is 1. The first-order chi connectivity index (χ1) is 10.6. The molecule has 0 bridgehead atoms. The number of benzene rings is 1. The molecule has 118 valence electrons. The van der Waals surface area contributed by atoms with Crippen LogP contribution in [-0.4, -0.2) is 42.1 Å². The average Bonchev–Trinajstić information content (AvgIpc) is 2.49. The van der Waals surface area contributed by atoms with Crippen LogP contribution in [0.3, 0.4) is 0 Å². The summed E-state index contributed by atoms with van der Waals surface area (Å²) >= 11 is 0. The Bertz CT molecular complexity index is 583. The van der Waals surface area contributed by atoms with E-state index in [1.165, 1.54) is 12.0 Å². The van der Waals surface area contributed by atoms with Crippen LogP contribution in [0.5, 0.6) is 0 Å². The van der Waals surface area contributed by atoms with Crippen molar-refractivity contribution >= 4 is 17.5 Å². The van der Waals surface area contributed by atoms with E-state index in [1.807, 2.05) is 24.3 Å². The molecule has 0 atom stereocenters. The smallest absolute Gasteiger partial charge is 0.229 e. The number of hydrogen-bond acceptors (Lipinski definition) is 5. The lowest BCUT2D eigenvalue weighted by molar-refractivity contribution is 0.396. The number of aryl methyl sites for hydroxylation is 1. The third kappa shape index (κ3) is 5.33. The highest BCUT2D eigenvalue weighted by Gasteiger charge is 2.02. The normalized spacial score (nSPS) is 10.7. The van der Waals surface area contributed by atoms with Gasteiger partial charge in [-0.2, -0.15) is 4.98 Å². The largest absolute Gasteiger partial charge is 0.370 e. The minimum atomic E-state index is 0.618. The van der Waals surface area contributed by atoms with Crippen LogP contribution >= 0.6 is 0 Å². The Morgan fingerprint density at radius 1 is 1.09 bits per heavy atom. The van der Waals surface area contributed by atoms with Crippen LogP contribution in [0.4, 0.5) is 17.5 Å². The van der Waals surface area contributed by atoms with E-state index in [0.717, 1.165) is 31.0 Å². The fourth-order valence-corrected chi connectivity index (χ4v) is 2.12. The fraction of sp³-hybridized carbons (Fsp3) is 0.412. The van der Waals surface area contributed by atoms with Gasteiger partial charge in [0.05, 0.1) is 0 Å². The van der Waals surface area contributed by atoms with E-state index in [2.05, 4.69) is 52.6 Å². The van der Waals surface area contributed by atoms with Gasteiger partial charge >= 0.3 is 0 Å². The van der Waals surface area contributed by atoms with Crippen LogP contribution < -0.4 is 10.6 Å². The molecular weight excluding hydrogens is 274 g/mol. The monoisotopic (exact) mass is 299 g/mol. The van der Waals surface area contributed by atoms with E-state index in [9.17, 15) is 0 Å². The zero-order valence-corrected chi connectivity index (χ0v) is 13.6. The molecule has 22 heavy (non-hydrogen) atoms. The Hall–Kier alpha value is -2.14. The Morgan fingerprint density at radius 2 is 1.91 bits per heavy atom. The van der Waals surface area contributed by atoms with E-state index < -0.39 is 0 Å². The van der Waals surface area contributed by atoms with E-state index in [4.69, 9.17) is 0 Å². The van der Waals surface area contributed by atoms with Crippen molar-refractivity contribution in [2.24, 2.45) is 0 Å². The van der Waals surface area contributed by atoms with Crippen LogP contribution in [0.1, 0.15) is 18.4 Å². The molecule has 2 N–H and O–H groups in total. The molecule has 0 aliphatic rings. The molecule has 1 heterocycles. The summed E-state index contributed by atoms with van der Waals surface area (Å²) in [6, 6.07) is 10.0. The Labute approximate surface area is 132 Å². The molecule has 0 aliphatic heterocycles. The molecule has 5 nitrogen and oxygen atoms in total. The van der Waals surface area contributed by atoms with Crippen molar-refractivity contribution in [3.05, 3.63) is 42.1 Å². The molecule has 2 aromatic rings. The summed E-state index contributed by atoms with van der Waals surface area (Å²) in [5.74, 6) is 1.48. The molecule has 1 aromatic heterocycles. The second kappa shape index (κ2) is 8.34. The molecule has 0 radical (unpaired) electrons. The Kier molecular flexibility index (Phi) is 6.15. The lowest BCUT2D eigenvalue weighted by Crippen LogP contribution is -2.14. The molecular formula is C17H25N5. The molecule has 5 heteroatoms. The second-order valence-corrected chi connectivity index (χ2v) is 5.64. The van der Waals surface area contributed by atoms with Gasteiger partial charge in [-0.25, -0.2) is 4.98 Å². The summed E-state index contributed by atoms with van der Waals surface area (Å²) in [7, 11) is 4.20. The minimum Gasteiger partial charge on any atom is -0.370 e.